The van der Waals surface area contributed by atoms with Crippen LogP contribution in [0.15, 0.2) is 34.9 Å². The van der Waals surface area contributed by atoms with Gasteiger partial charge in [0, 0.05) is 11.8 Å². The van der Waals surface area contributed by atoms with Gasteiger partial charge >= 0.3 is 12.2 Å². The standard InChI is InChI=1S/C21H18ClFN4O5/c1-3-30-20(28)26-19-17(14-7-8-25-16(11-24)18(14)32-19)27(21(29)31-4-2)13-5-6-15(23)12(9-13)10-22/h5-9H,3-4,10H2,1-2H3,(H,26,28). The maximum absolute atomic E-state index is 14.1. The van der Waals surface area contributed by atoms with Gasteiger partial charge < -0.3 is 13.9 Å². The van der Waals surface area contributed by atoms with Crippen molar-refractivity contribution in [3.63, 3.8) is 0 Å². The molecule has 9 nitrogen and oxygen atoms in total. The predicted octanol–water partition coefficient (Wildman–Crippen LogP) is 5.44. The Morgan fingerprint density at radius 3 is 2.69 bits per heavy atom. The number of halogens is 2. The molecule has 0 aliphatic carbocycles. The number of carbonyl (C=O) groups excluding carboxylic acids is 2. The highest BCUT2D eigenvalue weighted by Gasteiger charge is 2.30. The number of nitrogens with zero attached hydrogens (tertiary/aromatic N) is 3. The summed E-state index contributed by atoms with van der Waals surface area (Å²) >= 11 is 5.83. The van der Waals surface area contributed by atoms with Gasteiger partial charge in [0.05, 0.1) is 30.2 Å². The van der Waals surface area contributed by atoms with Crippen molar-refractivity contribution in [2.75, 3.05) is 23.4 Å². The van der Waals surface area contributed by atoms with Crippen LogP contribution in [-0.2, 0) is 15.4 Å². The van der Waals surface area contributed by atoms with E-state index >= 15 is 0 Å². The number of nitrogens with one attached hydrogen (secondary N) is 1. The lowest BCUT2D eigenvalue weighted by Crippen LogP contribution is -2.28. The molecule has 3 rings (SSSR count). The van der Waals surface area contributed by atoms with E-state index in [9.17, 15) is 19.2 Å². The molecule has 2 heterocycles. The topological polar surface area (TPSA) is 118 Å². The second kappa shape index (κ2) is 9.98. The Morgan fingerprint density at radius 2 is 2.03 bits per heavy atom. The van der Waals surface area contributed by atoms with Crippen molar-refractivity contribution in [3.8, 4) is 6.07 Å². The molecule has 0 aliphatic rings. The number of carbonyl (C=O) groups is 2. The van der Waals surface area contributed by atoms with E-state index in [1.54, 1.807) is 13.8 Å². The number of pyridine rings is 1. The van der Waals surface area contributed by atoms with Gasteiger partial charge in [0.1, 0.15) is 17.6 Å². The molecule has 1 aromatic carbocycles. The van der Waals surface area contributed by atoms with Crippen LogP contribution in [0.25, 0.3) is 11.0 Å². The first-order valence-corrected chi connectivity index (χ1v) is 10.0. The Kier molecular flexibility index (Phi) is 7.12. The van der Waals surface area contributed by atoms with E-state index in [4.69, 9.17) is 25.5 Å². The molecule has 0 unspecified atom stereocenters. The fourth-order valence-electron chi connectivity index (χ4n) is 2.97. The number of anilines is 3. The van der Waals surface area contributed by atoms with Crippen LogP contribution in [0.5, 0.6) is 0 Å². The van der Waals surface area contributed by atoms with Crippen molar-refractivity contribution in [2.45, 2.75) is 19.7 Å². The van der Waals surface area contributed by atoms with Crippen LogP contribution in [0.1, 0.15) is 25.1 Å². The fraction of sp³-hybridized carbons (Fsp3) is 0.238. The quantitative estimate of drug-likeness (QED) is 0.486. The van der Waals surface area contributed by atoms with Gasteiger partial charge in [0.15, 0.2) is 11.3 Å². The van der Waals surface area contributed by atoms with Gasteiger partial charge in [-0.25, -0.2) is 23.9 Å². The third kappa shape index (κ3) is 4.43. The molecular weight excluding hydrogens is 443 g/mol. The van der Waals surface area contributed by atoms with Crippen LogP contribution >= 0.6 is 11.6 Å². The first-order chi connectivity index (χ1) is 15.4. The van der Waals surface area contributed by atoms with Gasteiger partial charge in [0.25, 0.3) is 0 Å². The summed E-state index contributed by atoms with van der Waals surface area (Å²) in [5.74, 6) is -0.878. The van der Waals surface area contributed by atoms with Gasteiger partial charge in [-0.05, 0) is 38.1 Å². The molecule has 0 bridgehead atoms. The predicted molar refractivity (Wildman–Crippen MR) is 114 cm³/mol. The molecule has 0 aliphatic heterocycles. The number of hydrogen-bond donors (Lipinski definition) is 1. The van der Waals surface area contributed by atoms with E-state index in [2.05, 4.69) is 10.3 Å². The van der Waals surface area contributed by atoms with Gasteiger partial charge in [0.2, 0.25) is 5.88 Å². The maximum atomic E-state index is 14.1. The number of aromatic nitrogens is 1. The number of rotatable bonds is 6. The van der Waals surface area contributed by atoms with Crippen molar-refractivity contribution in [3.05, 3.63) is 47.5 Å². The summed E-state index contributed by atoms with van der Waals surface area (Å²) in [6.07, 6.45) is -0.320. The summed E-state index contributed by atoms with van der Waals surface area (Å²) < 4.78 is 29.9. The Morgan fingerprint density at radius 1 is 1.28 bits per heavy atom. The third-order valence-corrected chi connectivity index (χ3v) is 4.57. The number of amides is 2. The number of fused-ring (bicyclic) bond motifs is 1. The molecule has 0 saturated carbocycles. The number of nitriles is 1. The van der Waals surface area contributed by atoms with Gasteiger partial charge in [-0.3, -0.25) is 5.32 Å². The van der Waals surface area contributed by atoms with E-state index in [0.29, 0.717) is 0 Å². The lowest BCUT2D eigenvalue weighted by molar-refractivity contribution is 0.162. The Hall–Kier alpha value is -3.84. The molecule has 2 aromatic heterocycles. The molecule has 11 heteroatoms. The van der Waals surface area contributed by atoms with E-state index in [1.165, 1.54) is 24.4 Å². The minimum absolute atomic E-state index is 0.0331. The second-order valence-corrected chi connectivity index (χ2v) is 6.48. The molecule has 0 radical (unpaired) electrons. The lowest BCUT2D eigenvalue weighted by atomic mass is 10.1. The maximum Gasteiger partial charge on any atom is 0.419 e. The van der Waals surface area contributed by atoms with Crippen molar-refractivity contribution in [2.24, 2.45) is 0 Å². The van der Waals surface area contributed by atoms with Crippen LogP contribution in [0.3, 0.4) is 0 Å². The molecule has 32 heavy (non-hydrogen) atoms. The summed E-state index contributed by atoms with van der Waals surface area (Å²) in [6, 6.07) is 7.28. The number of hydrogen-bond acceptors (Lipinski definition) is 7. The Balaban J connectivity index is 2.30. The average molecular weight is 461 g/mol. The molecular formula is C21H18ClFN4O5. The number of alkyl halides is 1. The minimum atomic E-state index is -0.844. The van der Waals surface area contributed by atoms with E-state index in [1.807, 2.05) is 6.07 Å². The summed E-state index contributed by atoms with van der Waals surface area (Å²) in [7, 11) is 0. The van der Waals surface area contributed by atoms with Gasteiger partial charge in [-0.1, -0.05) is 0 Å². The molecule has 1 N–H and O–H groups in total. The van der Waals surface area contributed by atoms with Crippen LogP contribution in [-0.4, -0.2) is 30.4 Å². The molecule has 0 saturated heterocycles. The minimum Gasteiger partial charge on any atom is -0.450 e. The zero-order valence-corrected chi connectivity index (χ0v) is 17.9. The molecule has 2 amide bonds. The van der Waals surface area contributed by atoms with Crippen molar-refractivity contribution >= 4 is 52.0 Å². The zero-order valence-electron chi connectivity index (χ0n) is 17.1. The summed E-state index contributed by atoms with van der Waals surface area (Å²) in [5, 5.41) is 12.1. The van der Waals surface area contributed by atoms with Crippen molar-refractivity contribution < 1.29 is 27.9 Å². The van der Waals surface area contributed by atoms with Crippen LogP contribution < -0.4 is 10.2 Å². The van der Waals surface area contributed by atoms with E-state index < -0.39 is 18.0 Å². The normalized spacial score (nSPS) is 10.5. The molecule has 3 aromatic rings. The summed E-state index contributed by atoms with van der Waals surface area (Å²) in [6.45, 7) is 3.37. The molecule has 0 spiro atoms. The summed E-state index contributed by atoms with van der Waals surface area (Å²) in [4.78, 5) is 30.2. The lowest BCUT2D eigenvalue weighted by Gasteiger charge is -2.23. The molecule has 0 atom stereocenters. The third-order valence-electron chi connectivity index (χ3n) is 4.28. The monoisotopic (exact) mass is 460 g/mol. The largest absolute Gasteiger partial charge is 0.450 e. The highest BCUT2D eigenvalue weighted by molar-refractivity contribution is 6.17. The highest BCUT2D eigenvalue weighted by Crippen LogP contribution is 2.43. The Labute approximate surface area is 187 Å². The zero-order chi connectivity index (χ0) is 23.3. The van der Waals surface area contributed by atoms with Crippen molar-refractivity contribution in [1.82, 2.24) is 4.98 Å². The highest BCUT2D eigenvalue weighted by atomic mass is 35.5. The number of benzene rings is 1. The first kappa shape index (κ1) is 22.8. The van der Waals surface area contributed by atoms with Gasteiger partial charge in [-0.15, -0.1) is 11.6 Å². The molecule has 0 fully saturated rings. The van der Waals surface area contributed by atoms with Crippen molar-refractivity contribution in [1.29, 1.82) is 5.26 Å². The second-order valence-electron chi connectivity index (χ2n) is 6.22. The van der Waals surface area contributed by atoms with E-state index in [-0.39, 0.29) is 58.6 Å². The van der Waals surface area contributed by atoms with Crippen LogP contribution in [0.2, 0.25) is 0 Å². The van der Waals surface area contributed by atoms with E-state index in [0.717, 1.165) is 11.0 Å². The van der Waals surface area contributed by atoms with Crippen LogP contribution in [0, 0.1) is 17.1 Å². The fourth-order valence-corrected chi connectivity index (χ4v) is 3.18. The van der Waals surface area contributed by atoms with Gasteiger partial charge in [-0.2, -0.15) is 5.26 Å². The number of furan rings is 1. The molecule has 166 valence electrons. The summed E-state index contributed by atoms with van der Waals surface area (Å²) in [5.41, 5.74) is 0.365. The number of ether oxygens (including phenoxy) is 2. The van der Waals surface area contributed by atoms with Crippen LogP contribution in [0.4, 0.5) is 31.2 Å². The average Bonchev–Trinajstić information content (AvgIpc) is 3.13. The smallest absolute Gasteiger partial charge is 0.419 e. The Bertz CT molecular complexity index is 1210. The first-order valence-electron chi connectivity index (χ1n) is 9.51. The SMILES string of the molecule is CCOC(=O)Nc1oc2c(C#N)nccc2c1N(C(=O)OCC)c1ccc(F)c(CCl)c1.